The van der Waals surface area contributed by atoms with Crippen LogP contribution in [0.15, 0.2) is 66.7 Å². The van der Waals surface area contributed by atoms with Gasteiger partial charge in [0, 0.05) is 40.2 Å². The van der Waals surface area contributed by atoms with Crippen LogP contribution in [0.4, 0.5) is 5.69 Å². The normalized spacial score (nSPS) is 12.3. The number of methoxy groups -OCH3 is 2. The number of ether oxygens (including phenoxy) is 2. The van der Waals surface area contributed by atoms with Crippen molar-refractivity contribution in [1.29, 1.82) is 0 Å². The molecule has 2 amide bonds. The third-order valence-electron chi connectivity index (χ3n) is 6.49. The Morgan fingerprint density at radius 3 is 2.09 bits per heavy atom. The molecule has 0 aliphatic heterocycles. The Balaban J connectivity index is 2.16. The fraction of sp³-hybridized carbons (Fsp3) is 0.355. The fourth-order valence-electron chi connectivity index (χ4n) is 4.45. The van der Waals surface area contributed by atoms with Crippen LogP contribution in [0.3, 0.4) is 0 Å². The summed E-state index contributed by atoms with van der Waals surface area (Å²) < 4.78 is 37.8. The molecule has 1 N–H and O–H groups in total. The fourth-order valence-corrected chi connectivity index (χ4v) is 5.82. The van der Waals surface area contributed by atoms with Crippen LogP contribution in [0, 0.1) is 0 Å². The first-order chi connectivity index (χ1) is 20.1. The van der Waals surface area contributed by atoms with Crippen molar-refractivity contribution in [2.75, 3.05) is 31.3 Å². The number of sulfonamides is 1. The number of nitrogens with zero attached hydrogens (tertiary/aromatic N) is 2. The number of hydrogen-bond acceptors (Lipinski definition) is 6. The van der Waals surface area contributed by atoms with Crippen molar-refractivity contribution >= 4 is 50.7 Å². The van der Waals surface area contributed by atoms with E-state index >= 15 is 0 Å². The maximum Gasteiger partial charge on any atom is 0.244 e. The summed E-state index contributed by atoms with van der Waals surface area (Å²) >= 11 is 13.0. The number of amides is 2. The van der Waals surface area contributed by atoms with Gasteiger partial charge in [0.15, 0.2) is 0 Å². The smallest absolute Gasteiger partial charge is 0.244 e. The van der Waals surface area contributed by atoms with Crippen LogP contribution >= 0.6 is 23.2 Å². The topological polar surface area (TPSA) is 105 Å². The Labute approximate surface area is 263 Å². The zero-order valence-electron chi connectivity index (χ0n) is 25.1. The number of carbonyl (C=O) groups excluding carboxylic acids is 2. The molecule has 0 saturated carbocycles. The molecular formula is C31H37Cl2N3O6S. The van der Waals surface area contributed by atoms with Crippen molar-refractivity contribution in [3.63, 3.8) is 0 Å². The molecule has 0 heterocycles. The van der Waals surface area contributed by atoms with Gasteiger partial charge in [-0.15, -0.1) is 0 Å². The monoisotopic (exact) mass is 649 g/mol. The molecule has 0 aliphatic carbocycles. The quantitative estimate of drug-likeness (QED) is 0.284. The Morgan fingerprint density at radius 1 is 0.930 bits per heavy atom. The Bertz CT molecular complexity index is 1520. The van der Waals surface area contributed by atoms with Gasteiger partial charge in [0.1, 0.15) is 24.1 Å². The third kappa shape index (κ3) is 9.26. The average molecular weight is 651 g/mol. The second-order valence-corrected chi connectivity index (χ2v) is 13.7. The van der Waals surface area contributed by atoms with Crippen molar-refractivity contribution in [3.8, 4) is 11.5 Å². The molecule has 9 nitrogen and oxygen atoms in total. The lowest BCUT2D eigenvalue weighted by molar-refractivity contribution is -0.140. The standard InChI is InChI=1S/C31H37Cl2N3O6S/c1-31(2,3)34-30(38)27(17-21-11-8-7-9-12-21)35(19-23-24(32)13-10-14-25(23)33)29(37)20-36(43(6,39)40)26-16-15-22(41-4)18-28(26)42-5/h7-16,18,27H,17,19-20H2,1-6H3,(H,34,38). The number of carbonyl (C=O) groups is 2. The second kappa shape index (κ2) is 14.3. The molecule has 12 heteroatoms. The van der Waals surface area contributed by atoms with Crippen molar-refractivity contribution < 1.29 is 27.5 Å². The van der Waals surface area contributed by atoms with Gasteiger partial charge in [-0.05, 0) is 50.6 Å². The van der Waals surface area contributed by atoms with Crippen molar-refractivity contribution in [1.82, 2.24) is 10.2 Å². The Morgan fingerprint density at radius 2 is 1.56 bits per heavy atom. The molecule has 1 unspecified atom stereocenters. The van der Waals surface area contributed by atoms with Crippen LogP contribution in [-0.2, 0) is 32.6 Å². The van der Waals surface area contributed by atoms with Gasteiger partial charge in [0.05, 0.1) is 26.2 Å². The predicted octanol–water partition coefficient (Wildman–Crippen LogP) is 5.33. The minimum Gasteiger partial charge on any atom is -0.497 e. The first-order valence-corrected chi connectivity index (χ1v) is 16.0. The molecular weight excluding hydrogens is 613 g/mol. The zero-order valence-corrected chi connectivity index (χ0v) is 27.4. The molecule has 0 fully saturated rings. The van der Waals surface area contributed by atoms with Gasteiger partial charge in [-0.3, -0.25) is 13.9 Å². The van der Waals surface area contributed by atoms with E-state index in [1.807, 2.05) is 51.1 Å². The molecule has 0 spiro atoms. The Kier molecular flexibility index (Phi) is 11.3. The highest BCUT2D eigenvalue weighted by molar-refractivity contribution is 7.92. The highest BCUT2D eigenvalue weighted by Gasteiger charge is 2.35. The molecule has 0 bridgehead atoms. The van der Waals surface area contributed by atoms with Gasteiger partial charge in [0.25, 0.3) is 0 Å². The van der Waals surface area contributed by atoms with Crippen LogP contribution < -0.4 is 19.1 Å². The number of hydrogen-bond donors (Lipinski definition) is 1. The summed E-state index contributed by atoms with van der Waals surface area (Å²) in [5.41, 5.74) is 0.747. The van der Waals surface area contributed by atoms with Crippen molar-refractivity contribution in [2.24, 2.45) is 0 Å². The third-order valence-corrected chi connectivity index (χ3v) is 8.33. The number of anilines is 1. The minimum atomic E-state index is -4.01. The molecule has 0 aliphatic rings. The van der Waals surface area contributed by atoms with Crippen LogP contribution in [0.25, 0.3) is 0 Å². The predicted molar refractivity (Wildman–Crippen MR) is 171 cm³/mol. The summed E-state index contributed by atoms with van der Waals surface area (Å²) in [6.45, 7) is 4.73. The van der Waals surface area contributed by atoms with Gasteiger partial charge in [-0.2, -0.15) is 0 Å². The van der Waals surface area contributed by atoms with Gasteiger partial charge in [0.2, 0.25) is 21.8 Å². The second-order valence-electron chi connectivity index (χ2n) is 11.0. The zero-order chi connectivity index (χ0) is 31.9. The summed E-state index contributed by atoms with van der Waals surface area (Å²) in [4.78, 5) is 29.5. The maximum atomic E-state index is 14.3. The lowest BCUT2D eigenvalue weighted by Gasteiger charge is -2.35. The Hall–Kier alpha value is -3.47. The van der Waals surface area contributed by atoms with E-state index in [2.05, 4.69) is 5.32 Å². The molecule has 0 aromatic heterocycles. The van der Waals surface area contributed by atoms with E-state index in [0.29, 0.717) is 21.4 Å². The molecule has 43 heavy (non-hydrogen) atoms. The summed E-state index contributed by atoms with van der Waals surface area (Å²) in [6.07, 6.45) is 1.15. The molecule has 1 atom stereocenters. The lowest BCUT2D eigenvalue weighted by atomic mass is 10.0. The number of rotatable bonds is 12. The van der Waals surface area contributed by atoms with Crippen LogP contribution in [0.2, 0.25) is 10.0 Å². The van der Waals surface area contributed by atoms with Crippen molar-refractivity contribution in [2.45, 2.75) is 45.3 Å². The van der Waals surface area contributed by atoms with E-state index < -0.39 is 40.0 Å². The van der Waals surface area contributed by atoms with E-state index in [1.54, 1.807) is 24.3 Å². The van der Waals surface area contributed by atoms with Gasteiger partial charge in [-0.1, -0.05) is 59.6 Å². The summed E-state index contributed by atoms with van der Waals surface area (Å²) in [6, 6.07) is 17.7. The number of nitrogens with one attached hydrogen (secondary N) is 1. The van der Waals surface area contributed by atoms with E-state index in [0.717, 1.165) is 16.1 Å². The number of benzene rings is 3. The van der Waals surface area contributed by atoms with Crippen LogP contribution in [0.5, 0.6) is 11.5 Å². The summed E-state index contributed by atoms with van der Waals surface area (Å²) in [5, 5.41) is 3.58. The first kappa shape index (κ1) is 34.0. The highest BCUT2D eigenvalue weighted by Crippen LogP contribution is 2.34. The molecule has 0 radical (unpaired) electrons. The van der Waals surface area contributed by atoms with Crippen LogP contribution in [0.1, 0.15) is 31.9 Å². The van der Waals surface area contributed by atoms with Gasteiger partial charge in [-0.25, -0.2) is 8.42 Å². The van der Waals surface area contributed by atoms with E-state index in [4.69, 9.17) is 32.7 Å². The number of halogens is 2. The first-order valence-electron chi connectivity index (χ1n) is 13.4. The molecule has 3 rings (SSSR count). The molecule has 232 valence electrons. The van der Waals surface area contributed by atoms with E-state index in [-0.39, 0.29) is 24.4 Å². The van der Waals surface area contributed by atoms with E-state index in [1.165, 1.54) is 31.3 Å². The largest absolute Gasteiger partial charge is 0.497 e. The van der Waals surface area contributed by atoms with Gasteiger partial charge >= 0.3 is 0 Å². The molecule has 0 saturated heterocycles. The minimum absolute atomic E-state index is 0.133. The SMILES string of the molecule is COc1ccc(N(CC(=O)N(Cc2c(Cl)cccc2Cl)C(Cc2ccccc2)C(=O)NC(C)(C)C)S(C)(=O)=O)c(OC)c1. The molecule has 3 aromatic rings. The van der Waals surface area contributed by atoms with Gasteiger partial charge < -0.3 is 19.7 Å². The van der Waals surface area contributed by atoms with Crippen molar-refractivity contribution in [3.05, 3.63) is 87.9 Å². The summed E-state index contributed by atoms with van der Waals surface area (Å²) in [7, 11) is -1.15. The molecule has 3 aromatic carbocycles. The van der Waals surface area contributed by atoms with E-state index in [9.17, 15) is 18.0 Å². The maximum absolute atomic E-state index is 14.3. The summed E-state index contributed by atoms with van der Waals surface area (Å²) in [5.74, 6) is -0.438. The lowest BCUT2D eigenvalue weighted by Crippen LogP contribution is -2.56. The average Bonchev–Trinajstić information content (AvgIpc) is 2.93. The highest BCUT2D eigenvalue weighted by atomic mass is 35.5. The van der Waals surface area contributed by atoms with Crippen LogP contribution in [-0.4, -0.2) is 63.7 Å².